The molecule has 2 N–H and O–H groups in total. The van der Waals surface area contributed by atoms with Crippen molar-refractivity contribution < 1.29 is 18.0 Å². The molecule has 1 unspecified atom stereocenters. The summed E-state index contributed by atoms with van der Waals surface area (Å²) >= 11 is 0. The van der Waals surface area contributed by atoms with Crippen LogP contribution in [-0.2, 0) is 6.18 Å². The van der Waals surface area contributed by atoms with Crippen molar-refractivity contribution in [2.45, 2.75) is 43.8 Å². The van der Waals surface area contributed by atoms with Crippen molar-refractivity contribution in [1.82, 2.24) is 15.1 Å². The predicted molar refractivity (Wildman–Crippen MR) is 149 cm³/mol. The number of amides is 1. The van der Waals surface area contributed by atoms with Crippen molar-refractivity contribution in [2.24, 2.45) is 5.92 Å². The van der Waals surface area contributed by atoms with Crippen molar-refractivity contribution in [3.8, 4) is 11.8 Å². The molecular weight excluding hydrogens is 527 g/mol. The van der Waals surface area contributed by atoms with Gasteiger partial charge in [-0.1, -0.05) is 42.5 Å². The minimum Gasteiger partial charge on any atom is -0.321 e. The number of aromatic nitrogens is 2. The fraction of sp³-hybridized carbons (Fsp3) is 0.281. The molecule has 6 nitrogen and oxygen atoms in total. The van der Waals surface area contributed by atoms with Crippen LogP contribution in [0.5, 0.6) is 0 Å². The van der Waals surface area contributed by atoms with E-state index in [-0.39, 0.29) is 23.0 Å². The molecule has 6 rings (SSSR count). The third-order valence-corrected chi connectivity index (χ3v) is 7.53. The van der Waals surface area contributed by atoms with Gasteiger partial charge >= 0.3 is 6.18 Å². The molecule has 0 saturated heterocycles. The lowest BCUT2D eigenvalue weighted by Gasteiger charge is -2.21. The second kappa shape index (κ2) is 10.9. The summed E-state index contributed by atoms with van der Waals surface area (Å²) in [5.74, 6) is 0.533. The van der Waals surface area contributed by atoms with Crippen molar-refractivity contribution in [1.29, 1.82) is 5.26 Å². The second-order valence-corrected chi connectivity index (χ2v) is 10.8. The van der Waals surface area contributed by atoms with E-state index >= 15 is 0 Å². The highest BCUT2D eigenvalue weighted by molar-refractivity contribution is 6.03. The van der Waals surface area contributed by atoms with Crippen LogP contribution in [0.4, 0.5) is 18.9 Å². The Morgan fingerprint density at radius 3 is 2.41 bits per heavy atom. The van der Waals surface area contributed by atoms with Crippen molar-refractivity contribution in [3.05, 3.63) is 113 Å². The molecule has 2 aliphatic rings. The Labute approximate surface area is 235 Å². The van der Waals surface area contributed by atoms with Crippen LogP contribution in [0.2, 0.25) is 0 Å². The Hall–Kier alpha value is -4.42. The van der Waals surface area contributed by atoms with Gasteiger partial charge in [0.05, 0.1) is 23.4 Å². The lowest BCUT2D eigenvalue weighted by molar-refractivity contribution is -0.141. The number of anilines is 1. The summed E-state index contributed by atoms with van der Waals surface area (Å²) in [6, 6.07) is 24.5. The normalized spacial score (nSPS) is 15.8. The minimum atomic E-state index is -4.75. The monoisotopic (exact) mass is 555 g/mol. The van der Waals surface area contributed by atoms with E-state index in [4.69, 9.17) is 0 Å². The number of nitriles is 1. The number of rotatable bonds is 9. The summed E-state index contributed by atoms with van der Waals surface area (Å²) in [6.45, 7) is 0.885. The molecule has 208 valence electrons. The summed E-state index contributed by atoms with van der Waals surface area (Å²) < 4.78 is 41.7. The number of carbonyl (C=O) groups is 1. The van der Waals surface area contributed by atoms with E-state index in [1.165, 1.54) is 55.5 Å². The number of hydrogen-bond donors (Lipinski definition) is 2. The highest BCUT2D eigenvalue weighted by Gasteiger charge is 2.36. The zero-order valence-electron chi connectivity index (χ0n) is 22.2. The topological polar surface area (TPSA) is 82.7 Å². The number of hydrogen-bond acceptors (Lipinski definition) is 4. The molecule has 0 radical (unpaired) electrons. The van der Waals surface area contributed by atoms with Gasteiger partial charge in [0, 0.05) is 11.8 Å². The van der Waals surface area contributed by atoms with E-state index in [1.807, 2.05) is 24.3 Å². The highest BCUT2D eigenvalue weighted by atomic mass is 19.4. The van der Waals surface area contributed by atoms with E-state index in [0.717, 1.165) is 28.4 Å². The zero-order valence-corrected chi connectivity index (χ0v) is 22.2. The molecule has 2 aliphatic carbocycles. The van der Waals surface area contributed by atoms with Crippen molar-refractivity contribution in [3.63, 3.8) is 0 Å². The number of alkyl halides is 3. The number of carbonyl (C=O) groups excluding carboxylic acids is 1. The van der Waals surface area contributed by atoms with Crippen LogP contribution in [-0.4, -0.2) is 22.2 Å². The van der Waals surface area contributed by atoms with Gasteiger partial charge in [-0.2, -0.15) is 23.5 Å². The average molecular weight is 556 g/mol. The Balaban J connectivity index is 1.30. The van der Waals surface area contributed by atoms with Crippen LogP contribution in [0, 0.1) is 17.2 Å². The second-order valence-electron chi connectivity index (χ2n) is 10.8. The van der Waals surface area contributed by atoms with Crippen molar-refractivity contribution >= 4 is 11.6 Å². The molecule has 41 heavy (non-hydrogen) atoms. The van der Waals surface area contributed by atoms with Gasteiger partial charge in [-0.05, 0) is 91.1 Å². The van der Waals surface area contributed by atoms with Gasteiger partial charge in [0.2, 0.25) is 0 Å². The molecule has 2 fully saturated rings. The van der Waals surface area contributed by atoms with Gasteiger partial charge in [-0.25, -0.2) is 4.68 Å². The Morgan fingerprint density at radius 1 is 0.976 bits per heavy atom. The van der Waals surface area contributed by atoms with Gasteiger partial charge in [0.15, 0.2) is 5.69 Å². The first-order valence-corrected chi connectivity index (χ1v) is 13.7. The smallest absolute Gasteiger partial charge is 0.321 e. The SMILES string of the molecule is N#Cc1cccc(-n2nc(C(F)(F)F)cc2C(=O)Nc2cccc(C(NCC3CC3)c3cccc(C4CC4)c3)c2)c1. The Bertz CT molecular complexity index is 1630. The van der Waals surface area contributed by atoms with Gasteiger partial charge in [-0.3, -0.25) is 4.79 Å². The number of halogens is 3. The van der Waals surface area contributed by atoms with Crippen LogP contribution in [0.1, 0.15) is 76.1 Å². The number of nitrogens with zero attached hydrogens (tertiary/aromatic N) is 3. The van der Waals surface area contributed by atoms with E-state index in [9.17, 15) is 23.2 Å². The Morgan fingerprint density at radius 2 is 1.71 bits per heavy atom. The largest absolute Gasteiger partial charge is 0.435 e. The molecule has 1 atom stereocenters. The molecule has 1 aromatic heterocycles. The molecule has 1 heterocycles. The first-order valence-electron chi connectivity index (χ1n) is 13.7. The molecule has 0 aliphatic heterocycles. The summed E-state index contributed by atoms with van der Waals surface area (Å²) in [6.07, 6.45) is 0.0885. The summed E-state index contributed by atoms with van der Waals surface area (Å²) in [5, 5.41) is 19.4. The van der Waals surface area contributed by atoms with Crippen LogP contribution in [0.15, 0.2) is 78.9 Å². The molecular formula is C32H28F3N5O. The Kier molecular flexibility index (Phi) is 7.10. The molecule has 2 saturated carbocycles. The zero-order chi connectivity index (χ0) is 28.6. The van der Waals surface area contributed by atoms with E-state index < -0.39 is 17.8 Å². The van der Waals surface area contributed by atoms with Crippen LogP contribution in [0.25, 0.3) is 5.69 Å². The minimum absolute atomic E-state index is 0.0952. The lowest BCUT2D eigenvalue weighted by atomic mass is 9.95. The molecule has 4 aromatic rings. The number of nitrogens with one attached hydrogen (secondary N) is 2. The summed E-state index contributed by atoms with van der Waals surface area (Å²) in [7, 11) is 0. The van der Waals surface area contributed by atoms with Gasteiger partial charge in [0.25, 0.3) is 5.91 Å². The lowest BCUT2D eigenvalue weighted by Crippen LogP contribution is -2.25. The molecule has 0 bridgehead atoms. The standard InChI is InChI=1S/C32H28F3N5O/c33-32(34,35)29-17-28(40(39-29)27-9-1-4-21(14-27)18-36)31(41)38-26-8-3-7-25(16-26)30(37-19-20-10-11-20)24-6-2-5-23(15-24)22-12-13-22/h1-9,14-17,20,22,30,37H,10-13,19H2,(H,38,41). The first-order chi connectivity index (χ1) is 19.8. The van der Waals surface area contributed by atoms with Crippen molar-refractivity contribution in [2.75, 3.05) is 11.9 Å². The third-order valence-electron chi connectivity index (χ3n) is 7.53. The fourth-order valence-corrected chi connectivity index (χ4v) is 5.02. The van der Waals surface area contributed by atoms with E-state index in [1.54, 1.807) is 6.07 Å². The molecule has 3 aromatic carbocycles. The third kappa shape index (κ3) is 6.18. The van der Waals surface area contributed by atoms with E-state index in [0.29, 0.717) is 17.5 Å². The number of benzene rings is 3. The van der Waals surface area contributed by atoms with Gasteiger partial charge in [-0.15, -0.1) is 0 Å². The maximum absolute atomic E-state index is 13.6. The van der Waals surface area contributed by atoms with E-state index in [2.05, 4.69) is 40.0 Å². The maximum atomic E-state index is 13.6. The molecule has 1 amide bonds. The quantitative estimate of drug-likeness (QED) is 0.233. The highest BCUT2D eigenvalue weighted by Crippen LogP contribution is 2.41. The van der Waals surface area contributed by atoms with Gasteiger partial charge in [0.1, 0.15) is 5.69 Å². The molecule has 9 heteroatoms. The predicted octanol–water partition coefficient (Wildman–Crippen LogP) is 6.98. The van der Waals surface area contributed by atoms with Crippen LogP contribution in [0.3, 0.4) is 0 Å². The van der Waals surface area contributed by atoms with Gasteiger partial charge < -0.3 is 10.6 Å². The summed E-state index contributed by atoms with van der Waals surface area (Å²) in [5.41, 5.74) is 2.80. The molecule has 0 spiro atoms. The van der Waals surface area contributed by atoms with Crippen LogP contribution >= 0.6 is 0 Å². The average Bonchev–Trinajstić information content (AvgIpc) is 3.91. The maximum Gasteiger partial charge on any atom is 0.435 e. The first kappa shape index (κ1) is 26.8. The summed E-state index contributed by atoms with van der Waals surface area (Å²) in [4.78, 5) is 13.4. The van der Waals surface area contributed by atoms with Crippen LogP contribution < -0.4 is 10.6 Å². The fourth-order valence-electron chi connectivity index (χ4n) is 5.02.